The first-order valence-corrected chi connectivity index (χ1v) is 6.09. The topological polar surface area (TPSA) is 159 Å². The predicted octanol–water partition coefficient (Wildman–Crippen LogP) is -12.0. The molecule has 1 atom stereocenters. The number of hydrogen-bond acceptors (Lipinski definition) is 8. The Kier molecular flexibility index (Phi) is 15.5. The van der Waals surface area contributed by atoms with Gasteiger partial charge in [-0.1, -0.05) is 0 Å². The molecule has 0 saturated heterocycles. The van der Waals surface area contributed by atoms with Crippen molar-refractivity contribution in [3.8, 4) is 11.5 Å². The molecule has 9 nitrogen and oxygen atoms in total. The van der Waals surface area contributed by atoms with E-state index in [4.69, 9.17) is 4.89 Å². The van der Waals surface area contributed by atoms with E-state index < -0.39 is 37.7 Å². The van der Waals surface area contributed by atoms with Gasteiger partial charge in [-0.25, -0.2) is 0 Å². The molecule has 104 valence electrons. The predicted molar refractivity (Wildman–Crippen MR) is 51.7 cm³/mol. The first-order valence-electron chi connectivity index (χ1n) is 4.60. The first-order chi connectivity index (χ1) is 8.67. The van der Waals surface area contributed by atoms with Crippen LogP contribution in [-0.2, 0) is 9.36 Å². The van der Waals surface area contributed by atoms with Gasteiger partial charge in [0.05, 0.1) is 11.9 Å². The van der Waals surface area contributed by atoms with Crippen LogP contribution in [0.2, 0.25) is 0 Å². The third-order valence-corrected chi connectivity index (χ3v) is 2.13. The van der Waals surface area contributed by atoms with Crippen molar-refractivity contribution in [3.63, 3.8) is 0 Å². The van der Waals surface area contributed by atoms with Crippen LogP contribution in [0.25, 0.3) is 0 Å². The van der Waals surface area contributed by atoms with Gasteiger partial charge in [-0.3, -0.25) is 4.57 Å². The number of carbonyl (C=O) groups is 2. The Morgan fingerprint density at radius 3 is 2.00 bits per heavy atom. The molecule has 0 fully saturated rings. The van der Waals surface area contributed by atoms with Crippen LogP contribution in [0.1, 0.15) is 10.4 Å². The Bertz CT molecular complexity index is 559. The zero-order chi connectivity index (χ0) is 14.6. The van der Waals surface area contributed by atoms with Crippen LogP contribution in [0.4, 0.5) is 0 Å². The molecule has 22 heavy (non-hydrogen) atoms. The van der Waals surface area contributed by atoms with E-state index in [1.807, 2.05) is 0 Å². The Morgan fingerprint density at radius 2 is 1.59 bits per heavy atom. The Hall–Kier alpha value is 0.910. The first kappa shape index (κ1) is 27.7. The van der Waals surface area contributed by atoms with Crippen LogP contribution in [-0.4, -0.2) is 23.4 Å². The van der Waals surface area contributed by atoms with Crippen molar-refractivity contribution in [3.05, 3.63) is 23.8 Å². The third kappa shape index (κ3) is 11.4. The minimum Gasteiger partial charge on any atom is -0.746 e. The standard InChI is InChI=1S/C9H9O9P.3Na/c10-8(11)4-17-6-1-5(9(12)13)2-7(3-6)18-19(14,15)16;;;/h1-3H,4H2,(H,10,11)(H,12,13)(H2,14,15,16);;;/q;3*+1/p-3. The summed E-state index contributed by atoms with van der Waals surface area (Å²) in [7, 11) is -5.14. The molecule has 0 heterocycles. The van der Waals surface area contributed by atoms with Crippen molar-refractivity contribution in [1.82, 2.24) is 0 Å². The molecule has 1 aromatic carbocycles. The summed E-state index contributed by atoms with van der Waals surface area (Å²) in [4.78, 5) is 39.8. The molecule has 0 radical (unpaired) electrons. The third-order valence-electron chi connectivity index (χ3n) is 1.69. The number of carboxylic acids is 2. The van der Waals surface area contributed by atoms with E-state index in [9.17, 15) is 29.3 Å². The molecule has 0 aliphatic rings. The quantitative estimate of drug-likeness (QED) is 0.385. The fraction of sp³-hybridized carbons (Fsp3) is 0.111. The SMILES string of the molecule is O=C([O-])COc1cc(OP(=O)([O-])O)cc(C(=O)[O-])c1.[Na+].[Na+].[Na+]. The van der Waals surface area contributed by atoms with Gasteiger partial charge in [-0.2, -0.15) is 0 Å². The van der Waals surface area contributed by atoms with Crippen LogP contribution < -0.4 is 113 Å². The van der Waals surface area contributed by atoms with E-state index in [0.29, 0.717) is 0 Å². The minimum absolute atomic E-state index is 0. The van der Waals surface area contributed by atoms with Gasteiger partial charge >= 0.3 is 96.5 Å². The van der Waals surface area contributed by atoms with Gasteiger partial charge in [0.15, 0.2) is 0 Å². The summed E-state index contributed by atoms with van der Waals surface area (Å²) in [6.07, 6.45) is 0. The average molecular weight is 358 g/mol. The summed E-state index contributed by atoms with van der Waals surface area (Å²) in [6, 6.07) is 2.51. The fourth-order valence-electron chi connectivity index (χ4n) is 1.10. The molecule has 0 aliphatic carbocycles. The van der Waals surface area contributed by atoms with Crippen LogP contribution in [0, 0.1) is 0 Å². The molecule has 0 saturated carbocycles. The largest absolute Gasteiger partial charge is 1.00 e. The molecular weight excluding hydrogens is 352 g/mol. The van der Waals surface area contributed by atoms with Crippen molar-refractivity contribution < 1.29 is 132 Å². The summed E-state index contributed by atoms with van der Waals surface area (Å²) >= 11 is 0. The van der Waals surface area contributed by atoms with Crippen molar-refractivity contribution >= 4 is 19.8 Å². The molecule has 0 amide bonds. The summed E-state index contributed by atoms with van der Waals surface area (Å²) < 4.78 is 19.2. The molecule has 1 unspecified atom stereocenters. The summed E-state index contributed by atoms with van der Waals surface area (Å²) in [6.45, 7) is -0.885. The number of phosphoric ester groups is 1. The maximum atomic E-state index is 10.6. The van der Waals surface area contributed by atoms with Crippen molar-refractivity contribution in [2.45, 2.75) is 0 Å². The number of benzene rings is 1. The van der Waals surface area contributed by atoms with Gasteiger partial charge in [0.2, 0.25) is 0 Å². The molecule has 1 aromatic rings. The second-order valence-corrected chi connectivity index (χ2v) is 4.32. The summed E-state index contributed by atoms with van der Waals surface area (Å²) in [5.74, 6) is -4.13. The fourth-order valence-corrected chi connectivity index (χ4v) is 1.47. The van der Waals surface area contributed by atoms with Gasteiger partial charge in [0.1, 0.15) is 18.1 Å². The summed E-state index contributed by atoms with van der Waals surface area (Å²) in [5, 5.41) is 20.8. The Labute approximate surface area is 191 Å². The minimum atomic E-state index is -5.14. The maximum absolute atomic E-state index is 10.6. The number of carbonyl (C=O) groups excluding carboxylic acids is 2. The monoisotopic (exact) mass is 358 g/mol. The van der Waals surface area contributed by atoms with Crippen molar-refractivity contribution in [2.24, 2.45) is 0 Å². The van der Waals surface area contributed by atoms with Crippen molar-refractivity contribution in [1.29, 1.82) is 0 Å². The zero-order valence-electron chi connectivity index (χ0n) is 12.1. The number of rotatable bonds is 6. The normalized spacial score (nSPS) is 11.5. The van der Waals surface area contributed by atoms with Crippen LogP contribution >= 0.6 is 7.82 Å². The molecule has 13 heteroatoms. The van der Waals surface area contributed by atoms with E-state index in [-0.39, 0.29) is 94.4 Å². The number of ether oxygens (including phenoxy) is 1. The number of carboxylic acid groups (broad SMARTS) is 2. The number of aliphatic carboxylic acids is 1. The van der Waals surface area contributed by atoms with Gasteiger partial charge in [0.25, 0.3) is 0 Å². The average Bonchev–Trinajstić information content (AvgIpc) is 2.23. The van der Waals surface area contributed by atoms with E-state index >= 15 is 0 Å². The molecule has 1 rings (SSSR count). The van der Waals surface area contributed by atoms with Crippen LogP contribution in [0.15, 0.2) is 18.2 Å². The van der Waals surface area contributed by atoms with E-state index in [2.05, 4.69) is 9.26 Å². The second kappa shape index (κ2) is 12.3. The van der Waals surface area contributed by atoms with Crippen molar-refractivity contribution in [2.75, 3.05) is 6.61 Å². The van der Waals surface area contributed by atoms with Gasteiger partial charge < -0.3 is 38.8 Å². The van der Waals surface area contributed by atoms with Crippen LogP contribution in [0.5, 0.6) is 11.5 Å². The number of aromatic carboxylic acids is 1. The summed E-state index contributed by atoms with van der Waals surface area (Å²) in [5.41, 5.74) is -0.528. The molecule has 0 aromatic heterocycles. The smallest absolute Gasteiger partial charge is 0.746 e. The number of phosphoric acid groups is 1. The molecule has 0 bridgehead atoms. The van der Waals surface area contributed by atoms with E-state index in [1.165, 1.54) is 0 Å². The van der Waals surface area contributed by atoms with E-state index in [0.717, 1.165) is 18.2 Å². The molecular formula is C9H6Na3O9P. The Morgan fingerprint density at radius 1 is 1.09 bits per heavy atom. The van der Waals surface area contributed by atoms with Crippen LogP contribution in [0.3, 0.4) is 0 Å². The van der Waals surface area contributed by atoms with Gasteiger partial charge in [-0.15, -0.1) is 0 Å². The molecule has 0 aliphatic heterocycles. The van der Waals surface area contributed by atoms with Gasteiger partial charge in [0, 0.05) is 11.6 Å². The molecule has 1 N–H and O–H groups in total. The van der Waals surface area contributed by atoms with E-state index in [1.54, 1.807) is 0 Å². The molecule has 0 spiro atoms. The number of hydrogen-bond donors (Lipinski definition) is 1. The maximum Gasteiger partial charge on any atom is 1.00 e. The zero-order valence-corrected chi connectivity index (χ0v) is 19.0. The Balaban J connectivity index is -0.00000120. The second-order valence-electron chi connectivity index (χ2n) is 3.20. The van der Waals surface area contributed by atoms with Gasteiger partial charge in [-0.05, 0) is 12.1 Å².